The predicted octanol–water partition coefficient (Wildman–Crippen LogP) is 2.69. The topological polar surface area (TPSA) is 84.3 Å². The van der Waals surface area contributed by atoms with Crippen LogP contribution in [0.2, 0.25) is 0 Å². The maximum absolute atomic E-state index is 12.7. The first-order valence-corrected chi connectivity index (χ1v) is 11.7. The Morgan fingerprint density at radius 1 is 1.32 bits per heavy atom. The second-order valence-corrected chi connectivity index (χ2v) is 9.80. The lowest BCUT2D eigenvalue weighted by molar-refractivity contribution is -0.126. The van der Waals surface area contributed by atoms with Crippen molar-refractivity contribution in [2.45, 2.75) is 52.6 Å². The van der Waals surface area contributed by atoms with Crippen LogP contribution in [0.5, 0.6) is 0 Å². The van der Waals surface area contributed by atoms with Crippen molar-refractivity contribution in [3.8, 4) is 0 Å². The summed E-state index contributed by atoms with van der Waals surface area (Å²) in [5, 5.41) is 2.99. The number of carbonyl (C=O) groups excluding carboxylic acids is 1. The lowest BCUT2D eigenvalue weighted by atomic mass is 9.99. The van der Waals surface area contributed by atoms with Crippen LogP contribution in [0.15, 0.2) is 24.3 Å². The number of para-hydroxylation sites is 2. The van der Waals surface area contributed by atoms with Crippen LogP contribution in [0.1, 0.15) is 51.9 Å². The lowest BCUT2D eigenvalue weighted by Gasteiger charge is -2.31. The highest BCUT2D eigenvalue weighted by atomic mass is 32.2. The molecule has 7 nitrogen and oxygen atoms in total. The van der Waals surface area contributed by atoms with Gasteiger partial charge < -0.3 is 9.88 Å². The van der Waals surface area contributed by atoms with Crippen molar-refractivity contribution in [3.05, 3.63) is 30.1 Å². The molecule has 1 unspecified atom stereocenters. The fourth-order valence-electron chi connectivity index (χ4n) is 3.90. The molecule has 1 aliphatic rings. The fraction of sp³-hybridized carbons (Fsp3) is 0.600. The van der Waals surface area contributed by atoms with Gasteiger partial charge in [0.1, 0.15) is 5.82 Å². The SMILES string of the molecule is CCCS(=O)(=O)N1CCCC(C(=O)NCc2nc3ccccc3n2C(C)C)C1. The van der Waals surface area contributed by atoms with E-state index in [1.165, 1.54) is 4.31 Å². The minimum Gasteiger partial charge on any atom is -0.349 e. The van der Waals surface area contributed by atoms with Crippen LogP contribution in [-0.2, 0) is 21.4 Å². The third-order valence-corrected chi connectivity index (χ3v) is 7.26. The fourth-order valence-corrected chi connectivity index (χ4v) is 5.49. The molecule has 1 atom stereocenters. The average Bonchev–Trinajstić information content (AvgIpc) is 3.04. The summed E-state index contributed by atoms with van der Waals surface area (Å²) in [5.74, 6) is 0.548. The Hall–Kier alpha value is -1.93. The molecule has 0 bridgehead atoms. The second kappa shape index (κ2) is 8.61. The number of amides is 1. The van der Waals surface area contributed by atoms with Gasteiger partial charge in [0.15, 0.2) is 0 Å². The normalized spacial score (nSPS) is 18.6. The Morgan fingerprint density at radius 2 is 2.07 bits per heavy atom. The minimum absolute atomic E-state index is 0.0984. The Labute approximate surface area is 167 Å². The standard InChI is InChI=1S/C20H30N4O3S/c1-4-12-28(26,27)23-11-7-8-16(14-23)20(25)21-13-19-22-17-9-5-6-10-18(17)24(19)15(2)3/h5-6,9-10,15-16H,4,7-8,11-14H2,1-3H3,(H,21,25). The summed E-state index contributed by atoms with van der Waals surface area (Å²) in [4.78, 5) is 17.4. The van der Waals surface area contributed by atoms with Gasteiger partial charge in [-0.3, -0.25) is 4.79 Å². The quantitative estimate of drug-likeness (QED) is 0.766. The molecule has 1 N–H and O–H groups in total. The van der Waals surface area contributed by atoms with Gasteiger partial charge in [-0.1, -0.05) is 19.1 Å². The van der Waals surface area contributed by atoms with E-state index >= 15 is 0 Å². The average molecular weight is 407 g/mol. The molecule has 1 aromatic carbocycles. The first-order valence-electron chi connectivity index (χ1n) is 10.0. The zero-order valence-electron chi connectivity index (χ0n) is 16.9. The molecule has 2 aromatic rings. The Morgan fingerprint density at radius 3 is 2.79 bits per heavy atom. The van der Waals surface area contributed by atoms with Crippen molar-refractivity contribution >= 4 is 27.0 Å². The van der Waals surface area contributed by atoms with Crippen LogP contribution >= 0.6 is 0 Å². The summed E-state index contributed by atoms with van der Waals surface area (Å²) in [6, 6.07) is 8.17. The van der Waals surface area contributed by atoms with Crippen molar-refractivity contribution < 1.29 is 13.2 Å². The van der Waals surface area contributed by atoms with Crippen molar-refractivity contribution in [1.82, 2.24) is 19.2 Å². The summed E-state index contributed by atoms with van der Waals surface area (Å²) in [6.07, 6.45) is 2.01. The van der Waals surface area contributed by atoms with Gasteiger partial charge in [0.05, 0.1) is 29.2 Å². The molecule has 1 fully saturated rings. The molecular weight excluding hydrogens is 376 g/mol. The molecule has 0 spiro atoms. The van der Waals surface area contributed by atoms with E-state index in [1.54, 1.807) is 0 Å². The summed E-state index contributed by atoms with van der Waals surface area (Å²) in [7, 11) is -3.27. The highest BCUT2D eigenvalue weighted by molar-refractivity contribution is 7.89. The lowest BCUT2D eigenvalue weighted by Crippen LogP contribution is -2.46. The van der Waals surface area contributed by atoms with Crippen molar-refractivity contribution in [3.63, 3.8) is 0 Å². The number of imidazole rings is 1. The summed E-state index contributed by atoms with van der Waals surface area (Å²) in [5.41, 5.74) is 1.96. The number of nitrogens with zero attached hydrogens (tertiary/aromatic N) is 3. The molecule has 3 rings (SSSR count). The van der Waals surface area contributed by atoms with Gasteiger partial charge in [-0.2, -0.15) is 0 Å². The van der Waals surface area contributed by atoms with Crippen molar-refractivity contribution in [1.29, 1.82) is 0 Å². The summed E-state index contributed by atoms with van der Waals surface area (Å²) >= 11 is 0. The number of rotatable bonds is 7. The van der Waals surface area contributed by atoms with Gasteiger partial charge in [-0.15, -0.1) is 0 Å². The van der Waals surface area contributed by atoms with Crippen molar-refractivity contribution in [2.75, 3.05) is 18.8 Å². The minimum atomic E-state index is -3.27. The summed E-state index contributed by atoms with van der Waals surface area (Å²) in [6.45, 7) is 7.16. The highest BCUT2D eigenvalue weighted by Gasteiger charge is 2.31. The van der Waals surface area contributed by atoms with Crippen LogP contribution in [0.25, 0.3) is 11.0 Å². The van der Waals surface area contributed by atoms with Gasteiger partial charge in [0.2, 0.25) is 15.9 Å². The van der Waals surface area contributed by atoms with Gasteiger partial charge in [-0.25, -0.2) is 17.7 Å². The number of piperidine rings is 1. The maximum Gasteiger partial charge on any atom is 0.224 e. The van der Waals surface area contributed by atoms with E-state index in [9.17, 15) is 13.2 Å². The largest absolute Gasteiger partial charge is 0.349 e. The van der Waals surface area contributed by atoms with Gasteiger partial charge in [0, 0.05) is 19.1 Å². The zero-order valence-corrected chi connectivity index (χ0v) is 17.7. The second-order valence-electron chi connectivity index (χ2n) is 7.71. The van der Waals surface area contributed by atoms with E-state index in [0.29, 0.717) is 32.4 Å². The number of hydrogen-bond donors (Lipinski definition) is 1. The van der Waals surface area contributed by atoms with Crippen LogP contribution in [-0.4, -0.2) is 47.0 Å². The Bertz CT molecular complexity index is 936. The molecule has 154 valence electrons. The smallest absolute Gasteiger partial charge is 0.224 e. The molecular formula is C20H30N4O3S. The van der Waals surface area contributed by atoms with Crippen molar-refractivity contribution in [2.24, 2.45) is 5.92 Å². The van der Waals surface area contributed by atoms with E-state index in [4.69, 9.17) is 0 Å². The molecule has 1 saturated heterocycles. The molecule has 1 aromatic heterocycles. The number of aromatic nitrogens is 2. The van der Waals surface area contributed by atoms with Gasteiger partial charge in [-0.05, 0) is 45.2 Å². The third kappa shape index (κ3) is 4.38. The maximum atomic E-state index is 12.7. The van der Waals surface area contributed by atoms with Crippen LogP contribution in [0.3, 0.4) is 0 Å². The number of carbonyl (C=O) groups is 1. The number of sulfonamides is 1. The molecule has 1 aliphatic heterocycles. The van der Waals surface area contributed by atoms with E-state index in [2.05, 4.69) is 28.7 Å². The number of benzene rings is 1. The van der Waals surface area contributed by atoms with Gasteiger partial charge in [0.25, 0.3) is 0 Å². The Kier molecular flexibility index (Phi) is 6.40. The monoisotopic (exact) mass is 406 g/mol. The summed E-state index contributed by atoms with van der Waals surface area (Å²) < 4.78 is 28.3. The van der Waals surface area contributed by atoms with E-state index in [-0.39, 0.29) is 30.2 Å². The first kappa shape index (κ1) is 20.8. The first-order chi connectivity index (χ1) is 13.3. The van der Waals surface area contributed by atoms with Crippen LogP contribution in [0, 0.1) is 5.92 Å². The number of hydrogen-bond acceptors (Lipinski definition) is 4. The Balaban J connectivity index is 1.69. The molecule has 0 radical (unpaired) electrons. The predicted molar refractivity (Wildman–Crippen MR) is 110 cm³/mol. The van der Waals surface area contributed by atoms with Crippen LogP contribution < -0.4 is 5.32 Å². The molecule has 8 heteroatoms. The van der Waals surface area contributed by atoms with E-state index in [1.807, 2.05) is 31.2 Å². The molecule has 28 heavy (non-hydrogen) atoms. The van der Waals surface area contributed by atoms with Crippen LogP contribution in [0.4, 0.5) is 0 Å². The third-order valence-electron chi connectivity index (χ3n) is 5.22. The molecule has 0 aliphatic carbocycles. The van der Waals surface area contributed by atoms with Gasteiger partial charge >= 0.3 is 0 Å². The molecule has 0 saturated carbocycles. The highest BCUT2D eigenvalue weighted by Crippen LogP contribution is 2.22. The molecule has 2 heterocycles. The molecule has 1 amide bonds. The number of nitrogens with one attached hydrogen (secondary N) is 1. The number of fused-ring (bicyclic) bond motifs is 1. The zero-order chi connectivity index (χ0) is 20.3. The van der Waals surface area contributed by atoms with E-state index < -0.39 is 10.0 Å². The van der Waals surface area contributed by atoms with E-state index in [0.717, 1.165) is 16.9 Å².